The molecule has 0 saturated carbocycles. The number of piperazine rings is 1. The van der Waals surface area contributed by atoms with Gasteiger partial charge < -0.3 is 15.1 Å². The molecule has 1 atom stereocenters. The smallest absolute Gasteiger partial charge is 0.122 e. The van der Waals surface area contributed by atoms with E-state index < -0.39 is 0 Å². The highest BCUT2D eigenvalue weighted by Gasteiger charge is 2.26. The first-order chi connectivity index (χ1) is 10.7. The van der Waals surface area contributed by atoms with Crippen LogP contribution in [-0.2, 0) is 0 Å². The number of hydrogen-bond acceptors (Lipinski definition) is 4. The zero-order valence-electron chi connectivity index (χ0n) is 13.5. The van der Waals surface area contributed by atoms with Gasteiger partial charge in [-0.3, -0.25) is 4.90 Å². The van der Waals surface area contributed by atoms with Crippen molar-refractivity contribution in [3.63, 3.8) is 0 Å². The van der Waals surface area contributed by atoms with Crippen LogP contribution in [0.2, 0.25) is 0 Å². The Labute approximate surface area is 132 Å². The van der Waals surface area contributed by atoms with Crippen LogP contribution in [0.25, 0.3) is 0 Å². The third-order valence-corrected chi connectivity index (χ3v) is 4.43. The van der Waals surface area contributed by atoms with Gasteiger partial charge in [0, 0.05) is 38.4 Å². The molecule has 0 bridgehead atoms. The fraction of sp³-hybridized carbons (Fsp3) is 0.444. The predicted molar refractivity (Wildman–Crippen MR) is 90.2 cm³/mol. The van der Waals surface area contributed by atoms with Gasteiger partial charge in [0.05, 0.1) is 6.04 Å². The second kappa shape index (κ2) is 6.55. The Balaban J connectivity index is 1.65. The minimum atomic E-state index is 0.188. The summed E-state index contributed by atoms with van der Waals surface area (Å²) in [5.41, 5.74) is 8.62. The van der Waals surface area contributed by atoms with E-state index in [1.165, 1.54) is 11.3 Å². The summed E-state index contributed by atoms with van der Waals surface area (Å²) in [6, 6.07) is 13.0. The second-order valence-electron chi connectivity index (χ2n) is 6.06. The van der Waals surface area contributed by atoms with Crippen LogP contribution in [0.15, 0.2) is 40.8 Å². The van der Waals surface area contributed by atoms with Crippen molar-refractivity contribution in [2.45, 2.75) is 19.9 Å². The summed E-state index contributed by atoms with van der Waals surface area (Å²) in [4.78, 5) is 4.88. The van der Waals surface area contributed by atoms with Crippen molar-refractivity contribution in [3.8, 4) is 0 Å². The van der Waals surface area contributed by atoms with Crippen LogP contribution in [0.3, 0.4) is 0 Å². The number of benzene rings is 1. The number of nitrogens with two attached hydrogens (primary N) is 1. The molecule has 1 aromatic heterocycles. The van der Waals surface area contributed by atoms with Gasteiger partial charge in [0.1, 0.15) is 11.5 Å². The van der Waals surface area contributed by atoms with E-state index in [9.17, 15) is 0 Å². The lowest BCUT2D eigenvalue weighted by molar-refractivity contribution is 0.168. The predicted octanol–water partition coefficient (Wildman–Crippen LogP) is 2.72. The topological polar surface area (TPSA) is 45.6 Å². The molecular weight excluding hydrogens is 274 g/mol. The molecule has 118 valence electrons. The van der Waals surface area contributed by atoms with Crippen LogP contribution in [0, 0.1) is 13.8 Å². The average molecular weight is 299 g/mol. The summed E-state index contributed by atoms with van der Waals surface area (Å²) < 4.78 is 5.78. The van der Waals surface area contributed by atoms with Crippen LogP contribution < -0.4 is 10.6 Å². The summed E-state index contributed by atoms with van der Waals surface area (Å²) in [6.07, 6.45) is 0. The van der Waals surface area contributed by atoms with Crippen molar-refractivity contribution in [1.82, 2.24) is 4.90 Å². The maximum absolute atomic E-state index is 6.00. The van der Waals surface area contributed by atoms with E-state index >= 15 is 0 Å². The van der Waals surface area contributed by atoms with Crippen molar-refractivity contribution >= 4 is 5.69 Å². The fourth-order valence-electron chi connectivity index (χ4n) is 3.19. The molecule has 1 saturated heterocycles. The van der Waals surface area contributed by atoms with Crippen LogP contribution >= 0.6 is 0 Å². The first kappa shape index (κ1) is 15.1. The number of aryl methyl sites for hydroxylation is 2. The molecule has 4 nitrogen and oxygen atoms in total. The summed E-state index contributed by atoms with van der Waals surface area (Å²) in [6.45, 7) is 8.79. The monoisotopic (exact) mass is 299 g/mol. The minimum Gasteiger partial charge on any atom is -0.465 e. The Morgan fingerprint density at radius 2 is 1.86 bits per heavy atom. The van der Waals surface area contributed by atoms with Crippen LogP contribution in [0.5, 0.6) is 0 Å². The molecule has 0 amide bonds. The molecule has 3 rings (SSSR count). The normalized spacial score (nSPS) is 17.7. The van der Waals surface area contributed by atoms with Gasteiger partial charge in [-0.15, -0.1) is 0 Å². The molecule has 2 aromatic rings. The zero-order valence-corrected chi connectivity index (χ0v) is 13.5. The van der Waals surface area contributed by atoms with Crippen molar-refractivity contribution in [3.05, 3.63) is 53.5 Å². The maximum atomic E-state index is 6.00. The van der Waals surface area contributed by atoms with Crippen molar-refractivity contribution in [2.75, 3.05) is 37.6 Å². The van der Waals surface area contributed by atoms with E-state index in [1.807, 2.05) is 13.0 Å². The molecule has 2 heterocycles. The highest BCUT2D eigenvalue weighted by molar-refractivity contribution is 5.48. The van der Waals surface area contributed by atoms with E-state index in [0.29, 0.717) is 6.54 Å². The fourth-order valence-corrected chi connectivity index (χ4v) is 3.19. The molecule has 1 aromatic carbocycles. The molecule has 1 aliphatic heterocycles. The molecule has 2 N–H and O–H groups in total. The number of furan rings is 1. The van der Waals surface area contributed by atoms with E-state index in [2.05, 4.69) is 47.1 Å². The van der Waals surface area contributed by atoms with Crippen molar-refractivity contribution in [1.29, 1.82) is 0 Å². The third-order valence-electron chi connectivity index (χ3n) is 4.43. The lowest BCUT2D eigenvalue weighted by Gasteiger charge is -2.39. The molecule has 1 unspecified atom stereocenters. The first-order valence-corrected chi connectivity index (χ1v) is 7.99. The van der Waals surface area contributed by atoms with Crippen molar-refractivity contribution in [2.24, 2.45) is 5.73 Å². The number of rotatable bonds is 4. The zero-order chi connectivity index (χ0) is 15.5. The van der Waals surface area contributed by atoms with E-state index in [-0.39, 0.29) is 6.04 Å². The lowest BCUT2D eigenvalue weighted by atomic mass is 10.1. The number of anilines is 1. The third kappa shape index (κ3) is 3.18. The van der Waals surface area contributed by atoms with Crippen LogP contribution in [0.4, 0.5) is 5.69 Å². The van der Waals surface area contributed by atoms with E-state index in [4.69, 9.17) is 10.2 Å². The van der Waals surface area contributed by atoms with Crippen LogP contribution in [-0.4, -0.2) is 37.6 Å². The molecule has 0 radical (unpaired) electrons. The highest BCUT2D eigenvalue weighted by Crippen LogP contribution is 2.25. The van der Waals surface area contributed by atoms with Gasteiger partial charge in [-0.1, -0.05) is 12.1 Å². The van der Waals surface area contributed by atoms with Crippen molar-refractivity contribution < 1.29 is 4.42 Å². The standard InChI is InChI=1S/C18H25N3O/c1-14-4-3-5-16(12-14)20-8-10-21(11-9-20)17(13-19)18-7-6-15(2)22-18/h3-7,12,17H,8-11,13,19H2,1-2H3. The largest absolute Gasteiger partial charge is 0.465 e. The Morgan fingerprint density at radius 3 is 2.45 bits per heavy atom. The molecule has 0 spiro atoms. The Morgan fingerprint density at radius 1 is 1.09 bits per heavy atom. The average Bonchev–Trinajstić information content (AvgIpc) is 2.95. The Kier molecular flexibility index (Phi) is 4.50. The van der Waals surface area contributed by atoms with Gasteiger partial charge in [-0.25, -0.2) is 0 Å². The molecule has 22 heavy (non-hydrogen) atoms. The number of nitrogens with zero attached hydrogens (tertiary/aromatic N) is 2. The summed E-state index contributed by atoms with van der Waals surface area (Å²) in [7, 11) is 0. The second-order valence-corrected chi connectivity index (χ2v) is 6.06. The summed E-state index contributed by atoms with van der Waals surface area (Å²) in [5.74, 6) is 1.94. The minimum absolute atomic E-state index is 0.188. The van der Waals surface area contributed by atoms with Gasteiger partial charge in [-0.05, 0) is 43.7 Å². The highest BCUT2D eigenvalue weighted by atomic mass is 16.3. The maximum Gasteiger partial charge on any atom is 0.122 e. The lowest BCUT2D eigenvalue weighted by Crippen LogP contribution is -2.49. The summed E-state index contributed by atoms with van der Waals surface area (Å²) >= 11 is 0. The van der Waals surface area contributed by atoms with E-state index in [0.717, 1.165) is 37.7 Å². The molecule has 1 fully saturated rings. The Bertz CT molecular complexity index is 614. The van der Waals surface area contributed by atoms with Gasteiger partial charge in [0.15, 0.2) is 0 Å². The van der Waals surface area contributed by atoms with Crippen LogP contribution in [0.1, 0.15) is 23.1 Å². The van der Waals surface area contributed by atoms with Gasteiger partial charge in [0.2, 0.25) is 0 Å². The first-order valence-electron chi connectivity index (χ1n) is 7.99. The molecule has 4 heteroatoms. The van der Waals surface area contributed by atoms with Gasteiger partial charge in [-0.2, -0.15) is 0 Å². The number of hydrogen-bond donors (Lipinski definition) is 1. The van der Waals surface area contributed by atoms with Gasteiger partial charge >= 0.3 is 0 Å². The molecule has 0 aliphatic carbocycles. The van der Waals surface area contributed by atoms with E-state index in [1.54, 1.807) is 0 Å². The molecular formula is C18H25N3O. The SMILES string of the molecule is Cc1cccc(N2CCN(C(CN)c3ccc(C)o3)CC2)c1. The van der Waals surface area contributed by atoms with Gasteiger partial charge in [0.25, 0.3) is 0 Å². The molecule has 1 aliphatic rings. The Hall–Kier alpha value is -1.78. The quantitative estimate of drug-likeness (QED) is 0.943. The summed E-state index contributed by atoms with van der Waals surface area (Å²) in [5, 5.41) is 0.